The molecule has 1 unspecified atom stereocenters. The van der Waals surface area contributed by atoms with Crippen LogP contribution in [-0.4, -0.2) is 49.9 Å². The molecule has 5 rings (SSSR count). The second kappa shape index (κ2) is 9.10. The number of aromatic nitrogens is 6. The number of anilines is 1. The molecule has 0 bridgehead atoms. The predicted octanol–water partition coefficient (Wildman–Crippen LogP) is 3.57. The van der Waals surface area contributed by atoms with Crippen molar-refractivity contribution in [2.24, 2.45) is 0 Å². The molecule has 0 aliphatic rings. The molecule has 10 nitrogen and oxygen atoms in total. The second-order valence-corrected chi connectivity index (χ2v) is 10.6. The third-order valence-electron chi connectivity index (χ3n) is 5.98. The van der Waals surface area contributed by atoms with E-state index in [1.54, 1.807) is 44.3 Å². The van der Waals surface area contributed by atoms with Gasteiger partial charge < -0.3 is 10.8 Å². The highest BCUT2D eigenvalue weighted by molar-refractivity contribution is 7.91. The van der Waals surface area contributed by atoms with Crippen molar-refractivity contribution in [1.82, 2.24) is 30.6 Å². The minimum Gasteiger partial charge on any atom is -0.387 e. The topological polar surface area (TPSA) is 161 Å². The van der Waals surface area contributed by atoms with Crippen LogP contribution in [0.2, 0.25) is 0 Å². The average Bonchev–Trinajstić information content (AvgIpc) is 3.43. The van der Waals surface area contributed by atoms with Gasteiger partial charge in [0.15, 0.2) is 9.84 Å². The van der Waals surface area contributed by atoms with Gasteiger partial charge in [0.1, 0.15) is 5.82 Å². The number of nitrogens with one attached hydrogen (secondary N) is 1. The quantitative estimate of drug-likeness (QED) is 0.316. The summed E-state index contributed by atoms with van der Waals surface area (Å²) in [5, 5.41) is 25.1. The lowest BCUT2D eigenvalue weighted by Gasteiger charge is -2.12. The molecule has 0 aliphatic carbocycles. The summed E-state index contributed by atoms with van der Waals surface area (Å²) in [7, 11) is -3.29. The van der Waals surface area contributed by atoms with Crippen LogP contribution in [-0.2, 0) is 9.84 Å². The Bertz CT molecular complexity index is 1670. The average molecular weight is 502 g/mol. The fraction of sp³-hybridized carbons (Fsp3) is 0.160. The van der Waals surface area contributed by atoms with E-state index in [1.807, 2.05) is 30.3 Å². The lowest BCUT2D eigenvalue weighted by Crippen LogP contribution is -2.03. The van der Waals surface area contributed by atoms with Gasteiger partial charge in [0.2, 0.25) is 5.82 Å². The molecule has 3 heterocycles. The number of nitrogen functional groups attached to an aromatic ring is 1. The van der Waals surface area contributed by atoms with E-state index < -0.39 is 15.9 Å². The van der Waals surface area contributed by atoms with Gasteiger partial charge in [-0.1, -0.05) is 25.1 Å². The highest BCUT2D eigenvalue weighted by Gasteiger charge is 2.17. The molecule has 2 aromatic carbocycles. The molecule has 0 spiro atoms. The van der Waals surface area contributed by atoms with Crippen molar-refractivity contribution in [2.75, 3.05) is 11.5 Å². The molecule has 0 saturated heterocycles. The van der Waals surface area contributed by atoms with Crippen LogP contribution in [0.25, 0.3) is 44.5 Å². The lowest BCUT2D eigenvalue weighted by atomic mass is 9.99. The Balaban J connectivity index is 1.58. The Morgan fingerprint density at radius 1 is 1.00 bits per heavy atom. The first-order valence-electron chi connectivity index (χ1n) is 11.2. The third-order valence-corrected chi connectivity index (χ3v) is 7.73. The van der Waals surface area contributed by atoms with E-state index in [1.165, 1.54) is 0 Å². The standard InChI is InChI=1S/C25H23N7O3S/c1-3-36(34,35)19-7-4-15(5-8-19)20-11-17-10-16(6-9-22(17)28-24(20)26)18-12-21(25-29-31-32-30-25)23(14(2)33)27-13-18/h4-14,33H,3H2,1-2H3,(H2,26,28)(H,29,30,31,32). The van der Waals surface area contributed by atoms with Crippen LogP contribution in [0.4, 0.5) is 5.82 Å². The van der Waals surface area contributed by atoms with E-state index in [9.17, 15) is 13.5 Å². The molecule has 0 radical (unpaired) electrons. The van der Waals surface area contributed by atoms with Gasteiger partial charge in [-0.3, -0.25) is 4.98 Å². The predicted molar refractivity (Wildman–Crippen MR) is 136 cm³/mol. The molecular weight excluding hydrogens is 478 g/mol. The van der Waals surface area contributed by atoms with Crippen LogP contribution in [0, 0.1) is 0 Å². The summed E-state index contributed by atoms with van der Waals surface area (Å²) in [6.07, 6.45) is 0.878. The fourth-order valence-electron chi connectivity index (χ4n) is 4.03. The van der Waals surface area contributed by atoms with E-state index in [0.29, 0.717) is 28.5 Å². The van der Waals surface area contributed by atoms with Crippen LogP contribution in [0.5, 0.6) is 0 Å². The number of rotatable bonds is 6. The van der Waals surface area contributed by atoms with Gasteiger partial charge in [0, 0.05) is 28.3 Å². The summed E-state index contributed by atoms with van der Waals surface area (Å²) in [6, 6.07) is 16.2. The first-order valence-corrected chi connectivity index (χ1v) is 12.9. The number of hydrogen-bond donors (Lipinski definition) is 3. The van der Waals surface area contributed by atoms with Crippen molar-refractivity contribution in [1.29, 1.82) is 0 Å². The highest BCUT2D eigenvalue weighted by Crippen LogP contribution is 2.33. The zero-order valence-corrected chi connectivity index (χ0v) is 20.4. The molecule has 36 heavy (non-hydrogen) atoms. The lowest BCUT2D eigenvalue weighted by molar-refractivity contribution is 0.195. The fourth-order valence-corrected chi connectivity index (χ4v) is 4.92. The summed E-state index contributed by atoms with van der Waals surface area (Å²) >= 11 is 0. The monoisotopic (exact) mass is 501 g/mol. The summed E-state index contributed by atoms with van der Waals surface area (Å²) in [5.41, 5.74) is 11.1. The number of nitrogens with zero attached hydrogens (tertiary/aromatic N) is 5. The van der Waals surface area contributed by atoms with Gasteiger partial charge in [-0.25, -0.2) is 13.4 Å². The van der Waals surface area contributed by atoms with Gasteiger partial charge in [-0.2, -0.15) is 5.21 Å². The van der Waals surface area contributed by atoms with E-state index >= 15 is 0 Å². The zero-order valence-electron chi connectivity index (χ0n) is 19.5. The van der Waals surface area contributed by atoms with Crippen molar-refractivity contribution >= 4 is 26.6 Å². The van der Waals surface area contributed by atoms with E-state index in [4.69, 9.17) is 5.73 Å². The maximum Gasteiger partial charge on any atom is 0.206 e. The van der Waals surface area contributed by atoms with E-state index in [0.717, 1.165) is 27.6 Å². The van der Waals surface area contributed by atoms with Gasteiger partial charge >= 0.3 is 0 Å². The molecule has 11 heteroatoms. The molecule has 4 N–H and O–H groups in total. The minimum atomic E-state index is -3.29. The van der Waals surface area contributed by atoms with Crippen molar-refractivity contribution in [3.8, 4) is 33.6 Å². The number of H-pyrrole nitrogens is 1. The van der Waals surface area contributed by atoms with Gasteiger partial charge in [0.05, 0.1) is 28.0 Å². The normalized spacial score (nSPS) is 12.6. The second-order valence-electron chi connectivity index (χ2n) is 8.32. The Morgan fingerprint density at radius 3 is 2.42 bits per heavy atom. The number of nitrogens with two attached hydrogens (primary N) is 1. The van der Waals surface area contributed by atoms with Gasteiger partial charge in [0.25, 0.3) is 0 Å². The summed E-state index contributed by atoms with van der Waals surface area (Å²) < 4.78 is 24.3. The number of sulfone groups is 1. The summed E-state index contributed by atoms with van der Waals surface area (Å²) in [5.74, 6) is 0.728. The van der Waals surface area contributed by atoms with Crippen LogP contribution in [0.1, 0.15) is 25.6 Å². The molecule has 0 aliphatic heterocycles. The largest absolute Gasteiger partial charge is 0.387 e. The first-order chi connectivity index (χ1) is 17.3. The summed E-state index contributed by atoms with van der Waals surface area (Å²) in [4.78, 5) is 9.27. The third kappa shape index (κ3) is 4.30. The number of benzene rings is 2. The number of aliphatic hydroxyl groups is 1. The van der Waals surface area contributed by atoms with Crippen LogP contribution >= 0.6 is 0 Å². The molecule has 1 atom stereocenters. The number of fused-ring (bicyclic) bond motifs is 1. The maximum atomic E-state index is 12.2. The van der Waals surface area contributed by atoms with Crippen LogP contribution in [0.3, 0.4) is 0 Å². The Labute approximate surface area is 207 Å². The minimum absolute atomic E-state index is 0.0380. The highest BCUT2D eigenvalue weighted by atomic mass is 32.2. The molecule has 0 amide bonds. The van der Waals surface area contributed by atoms with Crippen molar-refractivity contribution in [3.63, 3.8) is 0 Å². The smallest absolute Gasteiger partial charge is 0.206 e. The Hall–Kier alpha value is -4.22. The van der Waals surface area contributed by atoms with Crippen molar-refractivity contribution in [2.45, 2.75) is 24.8 Å². The number of aliphatic hydroxyl groups excluding tert-OH is 1. The molecule has 3 aromatic heterocycles. The number of pyridine rings is 2. The number of aromatic amines is 1. The zero-order chi connectivity index (χ0) is 25.4. The molecular formula is C25H23N7O3S. The Kier molecular flexibility index (Phi) is 5.94. The summed E-state index contributed by atoms with van der Waals surface area (Å²) in [6.45, 7) is 3.24. The molecule has 182 valence electrons. The van der Waals surface area contributed by atoms with E-state index in [-0.39, 0.29) is 10.6 Å². The number of tetrazole rings is 1. The van der Waals surface area contributed by atoms with Crippen LogP contribution in [0.15, 0.2) is 65.7 Å². The maximum absolute atomic E-state index is 12.2. The van der Waals surface area contributed by atoms with Gasteiger partial charge in [-0.05, 0) is 59.7 Å². The number of hydrogen-bond acceptors (Lipinski definition) is 9. The molecule has 0 saturated carbocycles. The SMILES string of the molecule is CCS(=O)(=O)c1ccc(-c2cc3cc(-c4cnc(C(C)O)c(-c5nn[nH]n5)c4)ccc3nc2N)cc1. The molecule has 0 fully saturated rings. The Morgan fingerprint density at radius 2 is 1.75 bits per heavy atom. The van der Waals surface area contributed by atoms with Crippen LogP contribution < -0.4 is 5.73 Å². The van der Waals surface area contributed by atoms with Gasteiger partial charge in [-0.15, -0.1) is 10.2 Å². The van der Waals surface area contributed by atoms with Crippen molar-refractivity contribution in [3.05, 3.63) is 66.5 Å². The van der Waals surface area contributed by atoms with E-state index in [2.05, 4.69) is 30.6 Å². The molecule has 5 aromatic rings. The first kappa shape index (κ1) is 23.5. The van der Waals surface area contributed by atoms with Crippen molar-refractivity contribution < 1.29 is 13.5 Å².